The fourth-order valence-corrected chi connectivity index (χ4v) is 5.39. The zero-order valence-corrected chi connectivity index (χ0v) is 17.7. The number of rotatable bonds is 6. The number of carbonyl (C=O) groups excluding carboxylic acids is 1. The first-order valence-corrected chi connectivity index (χ1v) is 11.2. The van der Waals surface area contributed by atoms with E-state index in [9.17, 15) is 13.2 Å². The first-order valence-electron chi connectivity index (χ1n) is 8.12. The molecule has 1 N–H and O–H groups in total. The SMILES string of the molecule is CCN(c1ccccc1)S(=O)(=O)c1cc(C(=O)Nc2nccs2)c(Cl)cc1Cl. The van der Waals surface area contributed by atoms with Gasteiger partial charge < -0.3 is 0 Å². The van der Waals surface area contributed by atoms with Crippen LogP contribution in [0.4, 0.5) is 10.8 Å². The van der Waals surface area contributed by atoms with Gasteiger partial charge in [-0.05, 0) is 31.2 Å². The third kappa shape index (κ3) is 4.15. The Bertz CT molecular complexity index is 1090. The smallest absolute Gasteiger partial charge is 0.265 e. The molecule has 3 aromatic rings. The Hall–Kier alpha value is -2.13. The number of aromatic nitrogens is 1. The van der Waals surface area contributed by atoms with Crippen LogP contribution in [0.2, 0.25) is 10.0 Å². The number of amides is 1. The summed E-state index contributed by atoms with van der Waals surface area (Å²) in [5.41, 5.74) is 0.480. The molecule has 1 amide bonds. The van der Waals surface area contributed by atoms with Crippen molar-refractivity contribution in [3.05, 3.63) is 69.7 Å². The van der Waals surface area contributed by atoms with Gasteiger partial charge in [-0.15, -0.1) is 11.3 Å². The second-order valence-corrected chi connectivity index (χ2v) is 9.10. The molecular weight excluding hydrogens is 441 g/mol. The van der Waals surface area contributed by atoms with E-state index in [1.165, 1.54) is 27.8 Å². The maximum atomic E-state index is 13.2. The minimum Gasteiger partial charge on any atom is -0.298 e. The summed E-state index contributed by atoms with van der Waals surface area (Å²) in [6.07, 6.45) is 1.54. The minimum absolute atomic E-state index is 0.0102. The largest absolute Gasteiger partial charge is 0.298 e. The number of thiazole rings is 1. The van der Waals surface area contributed by atoms with Crippen LogP contribution in [0.25, 0.3) is 0 Å². The summed E-state index contributed by atoms with van der Waals surface area (Å²) in [5.74, 6) is -0.573. The van der Waals surface area contributed by atoms with Crippen LogP contribution < -0.4 is 9.62 Å². The molecule has 3 rings (SSSR count). The van der Waals surface area contributed by atoms with Gasteiger partial charge in [0.25, 0.3) is 15.9 Å². The lowest BCUT2D eigenvalue weighted by molar-refractivity contribution is 0.102. The van der Waals surface area contributed by atoms with E-state index in [0.29, 0.717) is 10.8 Å². The van der Waals surface area contributed by atoms with Crippen molar-refractivity contribution < 1.29 is 13.2 Å². The van der Waals surface area contributed by atoms with E-state index in [2.05, 4.69) is 10.3 Å². The summed E-state index contributed by atoms with van der Waals surface area (Å²) in [4.78, 5) is 16.3. The highest BCUT2D eigenvalue weighted by atomic mass is 35.5. The predicted octanol–water partition coefficient (Wildman–Crippen LogP) is 4.92. The van der Waals surface area contributed by atoms with Crippen molar-refractivity contribution in [2.24, 2.45) is 0 Å². The summed E-state index contributed by atoms with van der Waals surface area (Å²) < 4.78 is 27.7. The van der Waals surface area contributed by atoms with Crippen molar-refractivity contribution in [1.82, 2.24) is 4.98 Å². The number of nitrogens with one attached hydrogen (secondary N) is 1. The molecular formula is C18H15Cl2N3O3S2. The lowest BCUT2D eigenvalue weighted by Crippen LogP contribution is -2.31. The normalized spacial score (nSPS) is 11.2. The molecule has 0 saturated carbocycles. The second-order valence-electron chi connectivity index (χ2n) is 5.56. The monoisotopic (exact) mass is 455 g/mol. The first kappa shape index (κ1) is 20.6. The fourth-order valence-electron chi connectivity index (χ4n) is 2.55. The Labute approximate surface area is 176 Å². The van der Waals surface area contributed by atoms with Gasteiger partial charge in [0.15, 0.2) is 5.13 Å². The number of nitrogens with zero attached hydrogens (tertiary/aromatic N) is 2. The second kappa shape index (κ2) is 8.48. The minimum atomic E-state index is -4.02. The highest BCUT2D eigenvalue weighted by Crippen LogP contribution is 2.33. The number of carbonyl (C=O) groups is 1. The average molecular weight is 456 g/mol. The number of para-hydroxylation sites is 1. The van der Waals surface area contributed by atoms with E-state index in [0.717, 1.165) is 0 Å². The van der Waals surface area contributed by atoms with Crippen LogP contribution in [0, 0.1) is 0 Å². The molecule has 146 valence electrons. The van der Waals surface area contributed by atoms with Gasteiger partial charge in [0, 0.05) is 18.1 Å². The molecule has 0 atom stereocenters. The summed E-state index contributed by atoms with van der Waals surface area (Å²) in [5, 5.41) is 4.64. The van der Waals surface area contributed by atoms with Gasteiger partial charge in [-0.3, -0.25) is 14.4 Å². The molecule has 1 heterocycles. The van der Waals surface area contributed by atoms with Gasteiger partial charge in [0.1, 0.15) is 4.90 Å². The van der Waals surface area contributed by atoms with Gasteiger partial charge in [0.05, 0.1) is 21.3 Å². The van der Waals surface area contributed by atoms with Gasteiger partial charge in [-0.1, -0.05) is 41.4 Å². The summed E-state index contributed by atoms with van der Waals surface area (Å²) in [6.45, 7) is 1.90. The van der Waals surface area contributed by atoms with Crippen molar-refractivity contribution in [2.75, 3.05) is 16.2 Å². The Morgan fingerprint density at radius 2 is 1.89 bits per heavy atom. The molecule has 28 heavy (non-hydrogen) atoms. The standard InChI is InChI=1S/C18H15Cl2N3O3S2/c1-2-23(12-6-4-3-5-7-12)28(25,26)16-10-13(14(19)11-15(16)20)17(24)22-18-21-8-9-27-18/h3-11H,2H2,1H3,(H,21,22,24). The molecule has 0 aliphatic rings. The molecule has 0 unspecified atom stereocenters. The Morgan fingerprint density at radius 1 is 1.18 bits per heavy atom. The van der Waals surface area contributed by atoms with E-state index in [1.807, 2.05) is 0 Å². The van der Waals surface area contributed by atoms with E-state index < -0.39 is 15.9 Å². The van der Waals surface area contributed by atoms with E-state index in [-0.39, 0.29) is 27.0 Å². The highest BCUT2D eigenvalue weighted by molar-refractivity contribution is 7.93. The number of sulfonamides is 1. The third-order valence-electron chi connectivity index (χ3n) is 3.82. The van der Waals surface area contributed by atoms with Gasteiger partial charge in [-0.2, -0.15) is 0 Å². The van der Waals surface area contributed by atoms with Crippen LogP contribution in [0.3, 0.4) is 0 Å². The zero-order valence-electron chi connectivity index (χ0n) is 14.6. The van der Waals surface area contributed by atoms with E-state index in [1.54, 1.807) is 48.8 Å². The summed E-state index contributed by atoms with van der Waals surface area (Å²) >= 11 is 13.6. The molecule has 0 aliphatic carbocycles. The Kier molecular flexibility index (Phi) is 6.24. The van der Waals surface area contributed by atoms with Crippen LogP contribution in [-0.4, -0.2) is 25.9 Å². The molecule has 0 spiro atoms. The van der Waals surface area contributed by atoms with Crippen LogP contribution in [-0.2, 0) is 10.0 Å². The fraction of sp³-hybridized carbons (Fsp3) is 0.111. The van der Waals surface area contributed by atoms with Crippen LogP contribution in [0.1, 0.15) is 17.3 Å². The quantitative estimate of drug-likeness (QED) is 0.571. The number of benzene rings is 2. The molecule has 2 aromatic carbocycles. The number of hydrogen-bond donors (Lipinski definition) is 1. The molecule has 6 nitrogen and oxygen atoms in total. The van der Waals surface area contributed by atoms with E-state index in [4.69, 9.17) is 23.2 Å². The highest BCUT2D eigenvalue weighted by Gasteiger charge is 2.28. The molecule has 1 aromatic heterocycles. The van der Waals surface area contributed by atoms with Gasteiger partial charge in [0.2, 0.25) is 0 Å². The third-order valence-corrected chi connectivity index (χ3v) is 7.19. The van der Waals surface area contributed by atoms with Crippen molar-refractivity contribution in [1.29, 1.82) is 0 Å². The lowest BCUT2D eigenvalue weighted by Gasteiger charge is -2.24. The summed E-state index contributed by atoms with van der Waals surface area (Å²) in [6, 6.07) is 11.1. The van der Waals surface area contributed by atoms with Crippen LogP contribution in [0.15, 0.2) is 58.9 Å². The van der Waals surface area contributed by atoms with Gasteiger partial charge >= 0.3 is 0 Å². The molecule has 0 fully saturated rings. The maximum absolute atomic E-state index is 13.2. The molecule has 0 radical (unpaired) electrons. The molecule has 0 aliphatic heterocycles. The average Bonchev–Trinajstić information content (AvgIpc) is 3.15. The maximum Gasteiger partial charge on any atom is 0.265 e. The Morgan fingerprint density at radius 3 is 2.50 bits per heavy atom. The number of halogens is 2. The number of anilines is 2. The van der Waals surface area contributed by atoms with Crippen LogP contribution >= 0.6 is 34.5 Å². The van der Waals surface area contributed by atoms with Crippen LogP contribution in [0.5, 0.6) is 0 Å². The van der Waals surface area contributed by atoms with Crippen molar-refractivity contribution >= 4 is 61.3 Å². The molecule has 0 bridgehead atoms. The topological polar surface area (TPSA) is 79.4 Å². The Balaban J connectivity index is 2.04. The zero-order chi connectivity index (χ0) is 20.3. The first-order chi connectivity index (χ1) is 13.3. The molecule has 10 heteroatoms. The van der Waals surface area contributed by atoms with Crippen molar-refractivity contribution in [3.63, 3.8) is 0 Å². The summed E-state index contributed by atoms with van der Waals surface area (Å²) in [7, 11) is -4.02. The molecule has 0 saturated heterocycles. The lowest BCUT2D eigenvalue weighted by atomic mass is 10.2. The van der Waals surface area contributed by atoms with Crippen molar-refractivity contribution in [3.8, 4) is 0 Å². The van der Waals surface area contributed by atoms with Gasteiger partial charge in [-0.25, -0.2) is 13.4 Å². The van der Waals surface area contributed by atoms with E-state index >= 15 is 0 Å². The number of hydrogen-bond acceptors (Lipinski definition) is 5. The predicted molar refractivity (Wildman–Crippen MR) is 113 cm³/mol. The van der Waals surface area contributed by atoms with Crippen molar-refractivity contribution in [2.45, 2.75) is 11.8 Å².